The molecular formula is C12H13N3O. The first kappa shape index (κ1) is 9.54. The van der Waals surface area contributed by atoms with Gasteiger partial charge in [0.05, 0.1) is 5.69 Å². The number of nitrogens with zero attached hydrogens (tertiary/aromatic N) is 3. The van der Waals surface area contributed by atoms with Crippen LogP contribution in [0.25, 0.3) is 11.4 Å². The van der Waals surface area contributed by atoms with E-state index < -0.39 is 6.10 Å². The summed E-state index contributed by atoms with van der Waals surface area (Å²) in [5.74, 6) is 0.770. The van der Waals surface area contributed by atoms with Gasteiger partial charge < -0.3 is 9.67 Å². The smallest absolute Gasteiger partial charge is 0.138 e. The molecule has 16 heavy (non-hydrogen) atoms. The lowest BCUT2D eigenvalue weighted by Gasteiger charge is -2.18. The minimum atomic E-state index is -0.425. The zero-order valence-corrected chi connectivity index (χ0v) is 8.87. The molecule has 1 atom stereocenters. The maximum absolute atomic E-state index is 9.82. The van der Waals surface area contributed by atoms with Crippen LogP contribution in [0.5, 0.6) is 0 Å². The van der Waals surface area contributed by atoms with E-state index in [1.54, 1.807) is 6.20 Å². The van der Waals surface area contributed by atoms with E-state index in [2.05, 4.69) is 9.97 Å². The Hall–Kier alpha value is -1.68. The van der Waals surface area contributed by atoms with Gasteiger partial charge in [0.25, 0.3) is 0 Å². The molecule has 82 valence electrons. The van der Waals surface area contributed by atoms with Crippen LogP contribution in [0.15, 0.2) is 30.6 Å². The molecule has 0 radical (unpaired) electrons. The van der Waals surface area contributed by atoms with Gasteiger partial charge in [-0.15, -0.1) is 0 Å². The zero-order valence-electron chi connectivity index (χ0n) is 8.87. The molecule has 0 spiro atoms. The molecule has 3 rings (SSSR count). The third-order valence-corrected chi connectivity index (χ3v) is 2.91. The molecule has 1 aliphatic rings. The molecule has 1 N–H and O–H groups in total. The van der Waals surface area contributed by atoms with Gasteiger partial charge in [-0.05, 0) is 25.0 Å². The fraction of sp³-hybridized carbons (Fsp3) is 0.333. The second-order valence-electron chi connectivity index (χ2n) is 4.05. The van der Waals surface area contributed by atoms with Crippen molar-refractivity contribution in [2.45, 2.75) is 25.5 Å². The first-order valence-corrected chi connectivity index (χ1v) is 5.51. The number of rotatable bonds is 1. The van der Waals surface area contributed by atoms with Crippen LogP contribution in [0, 0.1) is 0 Å². The number of imidazole rings is 1. The monoisotopic (exact) mass is 215 g/mol. The number of aliphatic hydroxyl groups excluding tert-OH is 1. The largest absolute Gasteiger partial charge is 0.385 e. The number of pyridine rings is 1. The maximum Gasteiger partial charge on any atom is 0.138 e. The van der Waals surface area contributed by atoms with E-state index in [-0.39, 0.29) is 0 Å². The van der Waals surface area contributed by atoms with Gasteiger partial charge in [-0.1, -0.05) is 6.07 Å². The fourth-order valence-corrected chi connectivity index (χ4v) is 2.10. The Labute approximate surface area is 93.6 Å². The lowest BCUT2D eigenvalue weighted by atomic mass is 10.1. The van der Waals surface area contributed by atoms with Crippen molar-refractivity contribution in [3.63, 3.8) is 0 Å². The second-order valence-corrected chi connectivity index (χ2v) is 4.05. The molecule has 0 fully saturated rings. The van der Waals surface area contributed by atoms with Gasteiger partial charge in [0.15, 0.2) is 0 Å². The Morgan fingerprint density at radius 3 is 3.00 bits per heavy atom. The Bertz CT molecular complexity index is 492. The molecule has 2 aromatic rings. The molecule has 1 aliphatic heterocycles. The Kier molecular flexibility index (Phi) is 2.22. The number of aromatic nitrogens is 3. The van der Waals surface area contributed by atoms with Gasteiger partial charge in [0.1, 0.15) is 17.6 Å². The van der Waals surface area contributed by atoms with Crippen LogP contribution < -0.4 is 0 Å². The van der Waals surface area contributed by atoms with Crippen LogP contribution >= 0.6 is 0 Å². The van der Waals surface area contributed by atoms with Crippen molar-refractivity contribution in [2.75, 3.05) is 0 Å². The fourth-order valence-electron chi connectivity index (χ4n) is 2.10. The van der Waals surface area contributed by atoms with E-state index in [4.69, 9.17) is 0 Å². The highest BCUT2D eigenvalue weighted by Gasteiger charge is 2.21. The van der Waals surface area contributed by atoms with Crippen molar-refractivity contribution < 1.29 is 5.11 Å². The molecule has 2 aromatic heterocycles. The number of hydrogen-bond acceptors (Lipinski definition) is 3. The van der Waals surface area contributed by atoms with Crippen molar-refractivity contribution in [3.8, 4) is 11.4 Å². The van der Waals surface area contributed by atoms with Gasteiger partial charge in [-0.25, -0.2) is 4.98 Å². The van der Waals surface area contributed by atoms with Gasteiger partial charge in [-0.2, -0.15) is 0 Å². The summed E-state index contributed by atoms with van der Waals surface area (Å²) in [6.45, 7) is 0.937. The van der Waals surface area contributed by atoms with E-state index >= 15 is 0 Å². The summed E-state index contributed by atoms with van der Waals surface area (Å²) in [6.07, 6.45) is 5.11. The summed E-state index contributed by atoms with van der Waals surface area (Å²) in [5, 5.41) is 9.82. The molecule has 0 aromatic carbocycles. The molecular weight excluding hydrogens is 202 g/mol. The standard InChI is InChI=1S/C12H13N3O/c16-11-5-3-7-15-8-10(14-12(11)15)9-4-1-2-6-13-9/h1-2,4,6,8,11,16H,3,5,7H2/t11-/m1/s1. The second kappa shape index (κ2) is 3.72. The topological polar surface area (TPSA) is 50.9 Å². The highest BCUT2D eigenvalue weighted by atomic mass is 16.3. The van der Waals surface area contributed by atoms with Gasteiger partial charge in [-0.3, -0.25) is 4.98 Å². The SMILES string of the molecule is O[C@@H]1CCCn2cc(-c3ccccn3)nc21. The summed E-state index contributed by atoms with van der Waals surface area (Å²) in [5.41, 5.74) is 1.70. The van der Waals surface area contributed by atoms with Crippen molar-refractivity contribution >= 4 is 0 Å². The van der Waals surface area contributed by atoms with Crippen LogP contribution in [-0.2, 0) is 6.54 Å². The molecule has 4 heteroatoms. The van der Waals surface area contributed by atoms with Crippen LogP contribution in [0.4, 0.5) is 0 Å². The third kappa shape index (κ3) is 1.51. The number of aryl methyl sites for hydroxylation is 1. The predicted molar refractivity (Wildman–Crippen MR) is 59.7 cm³/mol. The summed E-state index contributed by atoms with van der Waals surface area (Å²) < 4.78 is 2.03. The third-order valence-electron chi connectivity index (χ3n) is 2.91. The summed E-state index contributed by atoms with van der Waals surface area (Å²) >= 11 is 0. The van der Waals surface area contributed by atoms with Gasteiger partial charge >= 0.3 is 0 Å². The van der Waals surface area contributed by atoms with Crippen LogP contribution in [0.3, 0.4) is 0 Å². The van der Waals surface area contributed by atoms with Crippen molar-refractivity contribution in [1.29, 1.82) is 0 Å². The molecule has 0 saturated carbocycles. The van der Waals surface area contributed by atoms with Crippen LogP contribution in [0.1, 0.15) is 24.8 Å². The van der Waals surface area contributed by atoms with E-state index in [0.29, 0.717) is 0 Å². The lowest BCUT2D eigenvalue weighted by molar-refractivity contribution is 0.134. The highest BCUT2D eigenvalue weighted by molar-refractivity contribution is 5.53. The van der Waals surface area contributed by atoms with E-state index in [0.717, 1.165) is 36.6 Å². The Morgan fingerprint density at radius 2 is 2.25 bits per heavy atom. The predicted octanol–water partition coefficient (Wildman–Crippen LogP) is 1.77. The maximum atomic E-state index is 9.82. The average Bonchev–Trinajstić information content (AvgIpc) is 2.76. The summed E-state index contributed by atoms with van der Waals surface area (Å²) in [7, 11) is 0. The first-order chi connectivity index (χ1) is 7.84. The van der Waals surface area contributed by atoms with E-state index in [9.17, 15) is 5.11 Å². The number of fused-ring (bicyclic) bond motifs is 1. The molecule has 3 heterocycles. The first-order valence-electron chi connectivity index (χ1n) is 5.51. The van der Waals surface area contributed by atoms with Gasteiger partial charge in [0.2, 0.25) is 0 Å². The molecule has 4 nitrogen and oxygen atoms in total. The normalized spacial score (nSPS) is 19.4. The van der Waals surface area contributed by atoms with Crippen molar-refractivity contribution in [3.05, 3.63) is 36.4 Å². The molecule has 0 amide bonds. The zero-order chi connectivity index (χ0) is 11.0. The number of aliphatic hydroxyl groups is 1. The molecule has 0 aliphatic carbocycles. The molecule has 0 unspecified atom stereocenters. The summed E-state index contributed by atoms with van der Waals surface area (Å²) in [6, 6.07) is 5.76. The minimum Gasteiger partial charge on any atom is -0.385 e. The van der Waals surface area contributed by atoms with Crippen LogP contribution in [-0.4, -0.2) is 19.6 Å². The Morgan fingerprint density at radius 1 is 1.31 bits per heavy atom. The highest BCUT2D eigenvalue weighted by Crippen LogP contribution is 2.26. The Balaban J connectivity index is 2.05. The van der Waals surface area contributed by atoms with E-state index in [1.165, 1.54) is 0 Å². The van der Waals surface area contributed by atoms with Crippen molar-refractivity contribution in [2.24, 2.45) is 0 Å². The lowest BCUT2D eigenvalue weighted by Crippen LogP contribution is -2.14. The quantitative estimate of drug-likeness (QED) is 0.788. The van der Waals surface area contributed by atoms with Crippen LogP contribution in [0.2, 0.25) is 0 Å². The molecule has 0 bridgehead atoms. The molecule has 0 saturated heterocycles. The van der Waals surface area contributed by atoms with E-state index in [1.807, 2.05) is 29.0 Å². The average molecular weight is 215 g/mol. The van der Waals surface area contributed by atoms with Gasteiger partial charge in [0, 0.05) is 18.9 Å². The number of hydrogen-bond donors (Lipinski definition) is 1. The minimum absolute atomic E-state index is 0.425. The summed E-state index contributed by atoms with van der Waals surface area (Å²) in [4.78, 5) is 8.71. The van der Waals surface area contributed by atoms with Crippen molar-refractivity contribution in [1.82, 2.24) is 14.5 Å².